The number of halogens is 1. The van der Waals surface area contributed by atoms with Gasteiger partial charge in [-0.2, -0.15) is 0 Å². The van der Waals surface area contributed by atoms with Crippen LogP contribution < -0.4 is 0 Å². The second kappa shape index (κ2) is 5.99. The fraction of sp³-hybridized carbons (Fsp3) is 1.00. The van der Waals surface area contributed by atoms with Crippen LogP contribution in [0.4, 0.5) is 0 Å². The van der Waals surface area contributed by atoms with E-state index in [1.54, 1.807) is 4.31 Å². The molecular formula is C11H20BrNO3S. The highest BCUT2D eigenvalue weighted by atomic mass is 79.9. The van der Waals surface area contributed by atoms with Gasteiger partial charge in [-0.05, 0) is 31.6 Å². The van der Waals surface area contributed by atoms with Crippen LogP contribution in [-0.2, 0) is 14.8 Å². The van der Waals surface area contributed by atoms with Crippen molar-refractivity contribution >= 4 is 26.0 Å². The van der Waals surface area contributed by atoms with Crippen molar-refractivity contribution in [3.8, 4) is 0 Å². The molecule has 2 saturated heterocycles. The molecule has 2 rings (SSSR count). The summed E-state index contributed by atoms with van der Waals surface area (Å²) in [4.78, 5) is 0. The van der Waals surface area contributed by atoms with E-state index in [4.69, 9.17) is 4.74 Å². The first-order valence-electron chi connectivity index (χ1n) is 6.27. The Morgan fingerprint density at radius 3 is 2.24 bits per heavy atom. The summed E-state index contributed by atoms with van der Waals surface area (Å²) in [5.74, 6) is 0.635. The fourth-order valence-electron chi connectivity index (χ4n) is 2.50. The maximum atomic E-state index is 12.4. The van der Waals surface area contributed by atoms with Gasteiger partial charge in [-0.15, -0.1) is 0 Å². The van der Waals surface area contributed by atoms with E-state index in [-0.39, 0.29) is 5.25 Å². The van der Waals surface area contributed by atoms with E-state index >= 15 is 0 Å². The van der Waals surface area contributed by atoms with Crippen molar-refractivity contribution in [3.05, 3.63) is 0 Å². The molecule has 0 aromatic rings. The molecule has 100 valence electrons. The van der Waals surface area contributed by atoms with Gasteiger partial charge in [-0.1, -0.05) is 15.9 Å². The molecule has 17 heavy (non-hydrogen) atoms. The summed E-state index contributed by atoms with van der Waals surface area (Å²) in [7, 11) is -3.08. The summed E-state index contributed by atoms with van der Waals surface area (Å²) in [6, 6.07) is 0. The maximum Gasteiger partial charge on any atom is 0.217 e. The number of hydrogen-bond donors (Lipinski definition) is 0. The number of alkyl halides is 1. The second-order valence-corrected chi connectivity index (χ2v) is 7.71. The number of nitrogens with zero attached hydrogens (tertiary/aromatic N) is 1. The number of hydrogen-bond acceptors (Lipinski definition) is 3. The minimum atomic E-state index is -3.08. The maximum absolute atomic E-state index is 12.4. The third-order valence-electron chi connectivity index (χ3n) is 3.74. The molecule has 2 fully saturated rings. The minimum Gasteiger partial charge on any atom is -0.381 e. The third kappa shape index (κ3) is 3.22. The van der Waals surface area contributed by atoms with Crippen LogP contribution in [0.2, 0.25) is 0 Å². The first-order chi connectivity index (χ1) is 8.14. The van der Waals surface area contributed by atoms with Crippen LogP contribution in [0.15, 0.2) is 0 Å². The summed E-state index contributed by atoms with van der Waals surface area (Å²) in [5.41, 5.74) is 0. The largest absolute Gasteiger partial charge is 0.381 e. The van der Waals surface area contributed by atoms with Crippen LogP contribution in [0, 0.1) is 5.92 Å². The van der Waals surface area contributed by atoms with Crippen LogP contribution in [-0.4, -0.2) is 49.6 Å². The molecule has 0 atom stereocenters. The number of rotatable bonds is 3. The lowest BCUT2D eigenvalue weighted by Crippen LogP contribution is -2.45. The van der Waals surface area contributed by atoms with Gasteiger partial charge >= 0.3 is 0 Å². The first kappa shape index (κ1) is 13.8. The normalized spacial score (nSPS) is 26.2. The Balaban J connectivity index is 1.96. The Labute approximate surface area is 112 Å². The average Bonchev–Trinajstić information content (AvgIpc) is 2.40. The molecule has 0 aromatic carbocycles. The minimum absolute atomic E-state index is 0.211. The van der Waals surface area contributed by atoms with Crippen LogP contribution >= 0.6 is 15.9 Å². The zero-order valence-corrected chi connectivity index (χ0v) is 12.4. The van der Waals surface area contributed by atoms with Gasteiger partial charge < -0.3 is 4.74 Å². The van der Waals surface area contributed by atoms with Crippen molar-refractivity contribution in [1.82, 2.24) is 4.31 Å². The average molecular weight is 326 g/mol. The Hall–Kier alpha value is 0.350. The summed E-state index contributed by atoms with van der Waals surface area (Å²) >= 11 is 3.47. The molecular weight excluding hydrogens is 306 g/mol. The smallest absolute Gasteiger partial charge is 0.217 e. The molecule has 0 spiro atoms. The van der Waals surface area contributed by atoms with Crippen molar-refractivity contribution in [2.75, 3.05) is 31.6 Å². The fourth-order valence-corrected chi connectivity index (χ4v) is 5.08. The van der Waals surface area contributed by atoms with E-state index in [0.717, 1.165) is 18.2 Å². The third-order valence-corrected chi connectivity index (χ3v) is 7.06. The summed E-state index contributed by atoms with van der Waals surface area (Å²) in [6.07, 6.45) is 3.27. The molecule has 6 heteroatoms. The second-order valence-electron chi connectivity index (χ2n) is 4.85. The van der Waals surface area contributed by atoms with Crippen LogP contribution in [0.25, 0.3) is 0 Å². The van der Waals surface area contributed by atoms with Crippen molar-refractivity contribution < 1.29 is 13.2 Å². The zero-order valence-electron chi connectivity index (χ0n) is 9.98. The number of ether oxygens (including phenoxy) is 1. The van der Waals surface area contributed by atoms with Crippen molar-refractivity contribution in [2.45, 2.75) is 30.9 Å². The molecule has 0 radical (unpaired) electrons. The molecule has 2 aliphatic heterocycles. The number of piperidine rings is 1. The Kier molecular flexibility index (Phi) is 4.86. The Morgan fingerprint density at radius 1 is 1.12 bits per heavy atom. The molecule has 0 unspecified atom stereocenters. The highest BCUT2D eigenvalue weighted by molar-refractivity contribution is 9.09. The van der Waals surface area contributed by atoms with Gasteiger partial charge in [0.05, 0.1) is 5.25 Å². The molecule has 0 aliphatic carbocycles. The lowest BCUT2D eigenvalue weighted by molar-refractivity contribution is 0.0968. The van der Waals surface area contributed by atoms with E-state index in [2.05, 4.69) is 15.9 Å². The van der Waals surface area contributed by atoms with Gasteiger partial charge in [0.15, 0.2) is 0 Å². The molecule has 0 N–H and O–H groups in total. The van der Waals surface area contributed by atoms with Crippen LogP contribution in [0.3, 0.4) is 0 Å². The van der Waals surface area contributed by atoms with Crippen LogP contribution in [0.5, 0.6) is 0 Å². The monoisotopic (exact) mass is 325 g/mol. The summed E-state index contributed by atoms with van der Waals surface area (Å²) in [5, 5.41) is 0.773. The summed E-state index contributed by atoms with van der Waals surface area (Å²) < 4.78 is 31.7. The van der Waals surface area contributed by atoms with Gasteiger partial charge in [0.25, 0.3) is 0 Å². The standard InChI is InChI=1S/C11H20BrNO3S/c12-9-10-1-5-13(6-2-10)17(14,15)11-3-7-16-8-4-11/h10-11H,1-9H2. The van der Waals surface area contributed by atoms with Gasteiger partial charge in [0.1, 0.15) is 0 Å². The molecule has 0 saturated carbocycles. The van der Waals surface area contributed by atoms with Crippen molar-refractivity contribution in [1.29, 1.82) is 0 Å². The topological polar surface area (TPSA) is 46.6 Å². The zero-order chi connectivity index (χ0) is 12.3. The van der Waals surface area contributed by atoms with Gasteiger partial charge in [-0.3, -0.25) is 0 Å². The van der Waals surface area contributed by atoms with Crippen LogP contribution in [0.1, 0.15) is 25.7 Å². The van der Waals surface area contributed by atoms with Gasteiger partial charge in [0, 0.05) is 31.6 Å². The van der Waals surface area contributed by atoms with Gasteiger partial charge in [-0.25, -0.2) is 12.7 Å². The van der Waals surface area contributed by atoms with E-state index in [1.165, 1.54) is 0 Å². The first-order valence-corrected chi connectivity index (χ1v) is 8.89. The van der Waals surface area contributed by atoms with E-state index in [1.807, 2.05) is 0 Å². The van der Waals surface area contributed by atoms with E-state index < -0.39 is 10.0 Å². The SMILES string of the molecule is O=S(=O)(C1CCOCC1)N1CCC(CBr)CC1. The molecule has 2 heterocycles. The van der Waals surface area contributed by atoms with E-state index in [0.29, 0.717) is 45.1 Å². The predicted octanol–water partition coefficient (Wildman–Crippen LogP) is 1.60. The quantitative estimate of drug-likeness (QED) is 0.740. The van der Waals surface area contributed by atoms with E-state index in [9.17, 15) is 8.42 Å². The molecule has 0 bridgehead atoms. The summed E-state index contributed by atoms with van der Waals surface area (Å²) in [6.45, 7) is 2.55. The molecule has 4 nitrogen and oxygen atoms in total. The lowest BCUT2D eigenvalue weighted by Gasteiger charge is -2.34. The number of sulfonamides is 1. The molecule has 0 aromatic heterocycles. The highest BCUT2D eigenvalue weighted by Crippen LogP contribution is 2.26. The lowest BCUT2D eigenvalue weighted by atomic mass is 10.0. The Morgan fingerprint density at radius 2 is 1.71 bits per heavy atom. The molecule has 2 aliphatic rings. The Bertz CT molecular complexity index is 333. The predicted molar refractivity (Wildman–Crippen MR) is 70.9 cm³/mol. The van der Waals surface area contributed by atoms with Crippen molar-refractivity contribution in [3.63, 3.8) is 0 Å². The van der Waals surface area contributed by atoms with Gasteiger partial charge in [0.2, 0.25) is 10.0 Å². The van der Waals surface area contributed by atoms with Crippen molar-refractivity contribution in [2.24, 2.45) is 5.92 Å². The molecule has 0 amide bonds. The highest BCUT2D eigenvalue weighted by Gasteiger charge is 2.35.